The third-order valence-corrected chi connectivity index (χ3v) is 2.61. The summed E-state index contributed by atoms with van der Waals surface area (Å²) < 4.78 is 0. The maximum atomic E-state index is 3.38. The zero-order valence-electron chi connectivity index (χ0n) is 11.4. The fourth-order valence-electron chi connectivity index (χ4n) is 1.77. The highest BCUT2D eigenvalue weighted by Gasteiger charge is 2.12. The van der Waals surface area contributed by atoms with Crippen LogP contribution in [0.4, 0.5) is 0 Å². The highest BCUT2D eigenvalue weighted by molar-refractivity contribution is 4.69. The van der Waals surface area contributed by atoms with E-state index < -0.39 is 0 Å². The average Bonchev–Trinajstić information content (AvgIpc) is 2.20. The zero-order chi connectivity index (χ0) is 11.7. The van der Waals surface area contributed by atoms with Crippen molar-refractivity contribution in [3.63, 3.8) is 0 Å². The van der Waals surface area contributed by atoms with Crippen LogP contribution in [0.5, 0.6) is 0 Å². The summed E-state index contributed by atoms with van der Waals surface area (Å²) >= 11 is 0. The molecule has 1 aliphatic rings. The van der Waals surface area contributed by atoms with Gasteiger partial charge in [0.05, 0.1) is 0 Å². The average molecular weight is 214 g/mol. The molecule has 1 rings (SSSR count). The maximum Gasteiger partial charge on any atom is 0.0107 e. The molecule has 1 fully saturated rings. The van der Waals surface area contributed by atoms with Gasteiger partial charge in [-0.15, -0.1) is 0 Å². The van der Waals surface area contributed by atoms with E-state index in [9.17, 15) is 0 Å². The molecule has 0 saturated carbocycles. The molecule has 0 amide bonds. The molecule has 1 N–H and O–H groups in total. The summed E-state index contributed by atoms with van der Waals surface area (Å²) in [6, 6.07) is 0. The van der Waals surface area contributed by atoms with Crippen LogP contribution in [-0.4, -0.2) is 37.6 Å². The molecule has 0 spiro atoms. The number of hydrogen-bond acceptors (Lipinski definition) is 2. The summed E-state index contributed by atoms with van der Waals surface area (Å²) in [6.07, 6.45) is 2.69. The fourth-order valence-corrected chi connectivity index (χ4v) is 1.77. The third-order valence-electron chi connectivity index (χ3n) is 2.61. The van der Waals surface area contributed by atoms with Gasteiger partial charge in [0, 0.05) is 26.2 Å². The van der Waals surface area contributed by atoms with Crippen molar-refractivity contribution < 1.29 is 0 Å². The van der Waals surface area contributed by atoms with Crippen LogP contribution in [0.1, 0.15) is 47.5 Å². The molecule has 92 valence electrons. The van der Waals surface area contributed by atoms with Crippen molar-refractivity contribution in [3.05, 3.63) is 0 Å². The molecule has 2 heteroatoms. The molecule has 1 heterocycles. The van der Waals surface area contributed by atoms with Gasteiger partial charge in [-0.25, -0.2) is 0 Å². The van der Waals surface area contributed by atoms with Gasteiger partial charge in [-0.3, -0.25) is 0 Å². The van der Waals surface area contributed by atoms with Gasteiger partial charge in [0.25, 0.3) is 0 Å². The SMILES string of the molecule is CC.CC(C)(C)CCCN1CCNCC1. The Morgan fingerprint density at radius 1 is 1.07 bits per heavy atom. The zero-order valence-corrected chi connectivity index (χ0v) is 11.4. The van der Waals surface area contributed by atoms with E-state index in [0.29, 0.717) is 5.41 Å². The standard InChI is InChI=1S/C11H24N2.C2H6/c1-11(2,3)5-4-8-13-9-6-12-7-10-13;1-2/h12H,4-10H2,1-3H3;1-2H3. The molecule has 2 nitrogen and oxygen atoms in total. The predicted molar refractivity (Wildman–Crippen MR) is 69.3 cm³/mol. The molecule has 15 heavy (non-hydrogen) atoms. The number of nitrogens with zero attached hydrogens (tertiary/aromatic N) is 1. The van der Waals surface area contributed by atoms with E-state index in [-0.39, 0.29) is 0 Å². The van der Waals surface area contributed by atoms with Gasteiger partial charge >= 0.3 is 0 Å². The first kappa shape index (κ1) is 14.9. The van der Waals surface area contributed by atoms with Gasteiger partial charge in [-0.2, -0.15) is 0 Å². The molecule has 0 unspecified atom stereocenters. The summed E-state index contributed by atoms with van der Waals surface area (Å²) in [5.74, 6) is 0. The van der Waals surface area contributed by atoms with Crippen LogP contribution in [0.2, 0.25) is 0 Å². The highest BCUT2D eigenvalue weighted by Crippen LogP contribution is 2.20. The second kappa shape index (κ2) is 8.12. The Morgan fingerprint density at radius 3 is 2.07 bits per heavy atom. The third kappa shape index (κ3) is 8.88. The summed E-state index contributed by atoms with van der Waals surface area (Å²) in [5.41, 5.74) is 0.508. The van der Waals surface area contributed by atoms with Crippen LogP contribution in [0, 0.1) is 5.41 Å². The van der Waals surface area contributed by atoms with Crippen molar-refractivity contribution in [2.45, 2.75) is 47.5 Å². The van der Waals surface area contributed by atoms with Crippen molar-refractivity contribution in [2.24, 2.45) is 5.41 Å². The molecule has 0 atom stereocenters. The molecule has 0 aromatic heterocycles. The van der Waals surface area contributed by atoms with E-state index in [2.05, 4.69) is 31.0 Å². The summed E-state index contributed by atoms with van der Waals surface area (Å²) in [4.78, 5) is 2.57. The molecule has 0 radical (unpaired) electrons. The second-order valence-electron chi connectivity index (χ2n) is 5.26. The van der Waals surface area contributed by atoms with Crippen molar-refractivity contribution in [2.75, 3.05) is 32.7 Å². The highest BCUT2D eigenvalue weighted by atomic mass is 15.2. The minimum atomic E-state index is 0.508. The van der Waals surface area contributed by atoms with Crippen LogP contribution in [0.3, 0.4) is 0 Å². The number of hydrogen-bond donors (Lipinski definition) is 1. The molecular weight excluding hydrogens is 184 g/mol. The van der Waals surface area contributed by atoms with Gasteiger partial charge in [-0.1, -0.05) is 34.6 Å². The van der Waals surface area contributed by atoms with E-state index in [1.165, 1.54) is 45.6 Å². The van der Waals surface area contributed by atoms with Crippen LogP contribution in [0.15, 0.2) is 0 Å². The van der Waals surface area contributed by atoms with E-state index in [1.807, 2.05) is 13.8 Å². The van der Waals surface area contributed by atoms with E-state index in [0.717, 1.165) is 0 Å². The molecule has 0 aliphatic carbocycles. The normalized spacial score (nSPS) is 18.2. The largest absolute Gasteiger partial charge is 0.314 e. The Hall–Kier alpha value is -0.0800. The molecule has 0 aromatic rings. The summed E-state index contributed by atoms with van der Waals surface area (Å²) in [7, 11) is 0. The van der Waals surface area contributed by atoms with E-state index >= 15 is 0 Å². The minimum absolute atomic E-state index is 0.508. The smallest absolute Gasteiger partial charge is 0.0107 e. The molecule has 1 aliphatic heterocycles. The second-order valence-corrected chi connectivity index (χ2v) is 5.26. The Bertz CT molecular complexity index is 132. The first-order chi connectivity index (χ1) is 7.08. The number of piperazine rings is 1. The summed E-state index contributed by atoms with van der Waals surface area (Å²) in [5, 5.41) is 3.38. The predicted octanol–water partition coefficient (Wildman–Crippen LogP) is 2.74. The Morgan fingerprint density at radius 2 is 1.60 bits per heavy atom. The van der Waals surface area contributed by atoms with E-state index in [1.54, 1.807) is 0 Å². The first-order valence-electron chi connectivity index (χ1n) is 6.51. The van der Waals surface area contributed by atoms with Gasteiger partial charge in [-0.05, 0) is 24.8 Å². The van der Waals surface area contributed by atoms with Crippen LogP contribution in [-0.2, 0) is 0 Å². The fraction of sp³-hybridized carbons (Fsp3) is 1.00. The lowest BCUT2D eigenvalue weighted by molar-refractivity contribution is 0.223. The molecule has 0 bridgehead atoms. The monoisotopic (exact) mass is 214 g/mol. The maximum absolute atomic E-state index is 3.38. The lowest BCUT2D eigenvalue weighted by Crippen LogP contribution is -2.43. The lowest BCUT2D eigenvalue weighted by atomic mass is 9.90. The van der Waals surface area contributed by atoms with Crippen molar-refractivity contribution in [1.29, 1.82) is 0 Å². The number of rotatable bonds is 3. The lowest BCUT2D eigenvalue weighted by Gasteiger charge is -2.28. The van der Waals surface area contributed by atoms with Crippen LogP contribution < -0.4 is 5.32 Å². The molecular formula is C13H30N2. The first-order valence-corrected chi connectivity index (χ1v) is 6.51. The van der Waals surface area contributed by atoms with E-state index in [4.69, 9.17) is 0 Å². The van der Waals surface area contributed by atoms with Crippen molar-refractivity contribution in [1.82, 2.24) is 10.2 Å². The minimum Gasteiger partial charge on any atom is -0.314 e. The Kier molecular flexibility index (Phi) is 8.07. The van der Waals surface area contributed by atoms with Crippen molar-refractivity contribution >= 4 is 0 Å². The molecule has 1 saturated heterocycles. The van der Waals surface area contributed by atoms with Crippen LogP contribution in [0.25, 0.3) is 0 Å². The van der Waals surface area contributed by atoms with Crippen LogP contribution >= 0.6 is 0 Å². The van der Waals surface area contributed by atoms with Gasteiger partial charge in [0.15, 0.2) is 0 Å². The van der Waals surface area contributed by atoms with Crippen molar-refractivity contribution in [3.8, 4) is 0 Å². The summed E-state index contributed by atoms with van der Waals surface area (Å²) in [6.45, 7) is 17.1. The number of nitrogens with one attached hydrogen (secondary N) is 1. The van der Waals surface area contributed by atoms with Gasteiger partial charge in [0.1, 0.15) is 0 Å². The topological polar surface area (TPSA) is 15.3 Å². The Labute approximate surface area is 96.4 Å². The quantitative estimate of drug-likeness (QED) is 0.777. The van der Waals surface area contributed by atoms with Gasteiger partial charge < -0.3 is 10.2 Å². The Balaban J connectivity index is 0.000000921. The molecule has 0 aromatic carbocycles. The van der Waals surface area contributed by atoms with Gasteiger partial charge in [0.2, 0.25) is 0 Å².